The van der Waals surface area contributed by atoms with Gasteiger partial charge in [0.05, 0.1) is 11.5 Å². The maximum atomic E-state index is 11.1. The van der Waals surface area contributed by atoms with Gasteiger partial charge in [-0.2, -0.15) is 0 Å². The number of nitrogens with zero attached hydrogens (tertiary/aromatic N) is 2. The second-order valence-corrected chi connectivity index (χ2v) is 5.62. The first-order chi connectivity index (χ1) is 11.6. The maximum absolute atomic E-state index is 11.1. The van der Waals surface area contributed by atoms with E-state index in [1.54, 1.807) is 6.07 Å². The van der Waals surface area contributed by atoms with Gasteiger partial charge in [0.2, 0.25) is 5.82 Å². The van der Waals surface area contributed by atoms with Crippen LogP contribution in [0.15, 0.2) is 30.5 Å². The molecule has 1 atom stereocenters. The lowest BCUT2D eigenvalue weighted by Gasteiger charge is -2.13. The van der Waals surface area contributed by atoms with Gasteiger partial charge in [-0.15, -0.1) is 0 Å². The molecule has 1 N–H and O–H groups in total. The van der Waals surface area contributed by atoms with E-state index >= 15 is 0 Å². The van der Waals surface area contributed by atoms with Crippen LogP contribution in [0.5, 0.6) is 11.5 Å². The minimum Gasteiger partial charge on any atom is -0.494 e. The lowest BCUT2D eigenvalue weighted by atomic mass is 10.1. The van der Waals surface area contributed by atoms with E-state index in [1.165, 1.54) is 12.3 Å². The number of hydrogen-bond acceptors (Lipinski definition) is 6. The summed E-state index contributed by atoms with van der Waals surface area (Å²) in [6.45, 7) is 4.85. The zero-order valence-electron chi connectivity index (χ0n) is 13.6. The van der Waals surface area contributed by atoms with E-state index in [4.69, 9.17) is 9.47 Å². The lowest BCUT2D eigenvalue weighted by molar-refractivity contribution is -0.384. The summed E-state index contributed by atoms with van der Waals surface area (Å²) in [5, 5.41) is 14.1. The number of rotatable bonds is 6. The normalized spacial score (nSPS) is 15.5. The van der Waals surface area contributed by atoms with Crippen LogP contribution in [0.3, 0.4) is 0 Å². The Hall–Kier alpha value is -2.83. The average molecular weight is 329 g/mol. The lowest BCUT2D eigenvalue weighted by Crippen LogP contribution is -2.07. The van der Waals surface area contributed by atoms with Crippen molar-refractivity contribution in [3.63, 3.8) is 0 Å². The van der Waals surface area contributed by atoms with Gasteiger partial charge in [0, 0.05) is 36.4 Å². The number of nitrogens with one attached hydrogen (secondary N) is 1. The molecule has 1 aromatic carbocycles. The van der Waals surface area contributed by atoms with Crippen LogP contribution in [0.25, 0.3) is 0 Å². The Morgan fingerprint density at radius 3 is 3.08 bits per heavy atom. The molecule has 1 aromatic heterocycles. The molecule has 24 heavy (non-hydrogen) atoms. The van der Waals surface area contributed by atoms with Gasteiger partial charge >= 0.3 is 5.69 Å². The summed E-state index contributed by atoms with van der Waals surface area (Å²) in [5.74, 6) is 1.85. The van der Waals surface area contributed by atoms with E-state index in [0.29, 0.717) is 13.2 Å². The molecule has 2 heterocycles. The van der Waals surface area contributed by atoms with Crippen LogP contribution in [0.2, 0.25) is 0 Å². The Morgan fingerprint density at radius 1 is 1.50 bits per heavy atom. The Bertz CT molecular complexity index is 763. The minimum absolute atomic E-state index is 0.0542. The average Bonchev–Trinajstić information content (AvgIpc) is 2.92. The first-order valence-electron chi connectivity index (χ1n) is 7.87. The molecule has 126 valence electrons. The summed E-state index contributed by atoms with van der Waals surface area (Å²) < 4.78 is 11.5. The molecule has 1 aliphatic heterocycles. The highest BCUT2D eigenvalue weighted by molar-refractivity contribution is 5.56. The van der Waals surface area contributed by atoms with Gasteiger partial charge in [-0.25, -0.2) is 4.98 Å². The molecule has 0 spiro atoms. The predicted molar refractivity (Wildman–Crippen MR) is 89.6 cm³/mol. The van der Waals surface area contributed by atoms with E-state index in [0.717, 1.165) is 29.0 Å². The molecule has 3 rings (SSSR count). The van der Waals surface area contributed by atoms with Crippen molar-refractivity contribution in [3.8, 4) is 11.5 Å². The van der Waals surface area contributed by atoms with Crippen molar-refractivity contribution in [1.29, 1.82) is 0 Å². The van der Waals surface area contributed by atoms with Crippen LogP contribution in [0.1, 0.15) is 25.0 Å². The van der Waals surface area contributed by atoms with Crippen LogP contribution >= 0.6 is 0 Å². The SMILES string of the molecule is CCOc1cc2c(cc1CNc1ncccc1[N+](=O)[O-])O[C@H](C)C2. The molecule has 0 radical (unpaired) electrons. The van der Waals surface area contributed by atoms with Gasteiger partial charge in [-0.05, 0) is 32.0 Å². The second-order valence-electron chi connectivity index (χ2n) is 5.62. The number of nitro groups is 1. The molecule has 0 bridgehead atoms. The highest BCUT2D eigenvalue weighted by atomic mass is 16.6. The third kappa shape index (κ3) is 3.24. The molecule has 0 amide bonds. The number of pyridine rings is 1. The second kappa shape index (κ2) is 6.74. The number of hydrogen-bond donors (Lipinski definition) is 1. The number of ether oxygens (including phenoxy) is 2. The first kappa shape index (κ1) is 16.0. The van der Waals surface area contributed by atoms with Crippen molar-refractivity contribution in [2.45, 2.75) is 32.9 Å². The fourth-order valence-electron chi connectivity index (χ4n) is 2.77. The van der Waals surface area contributed by atoms with Gasteiger partial charge in [0.25, 0.3) is 0 Å². The molecule has 1 aliphatic rings. The number of anilines is 1. The maximum Gasteiger partial charge on any atom is 0.311 e. The quantitative estimate of drug-likeness (QED) is 0.646. The summed E-state index contributed by atoms with van der Waals surface area (Å²) in [7, 11) is 0. The van der Waals surface area contributed by atoms with Crippen molar-refractivity contribution >= 4 is 11.5 Å². The summed E-state index contributed by atoms with van der Waals surface area (Å²) in [6.07, 6.45) is 2.52. The zero-order chi connectivity index (χ0) is 17.1. The zero-order valence-corrected chi connectivity index (χ0v) is 13.6. The highest BCUT2D eigenvalue weighted by Gasteiger charge is 2.22. The summed E-state index contributed by atoms with van der Waals surface area (Å²) >= 11 is 0. The molecule has 0 saturated heterocycles. The van der Waals surface area contributed by atoms with E-state index in [-0.39, 0.29) is 17.6 Å². The first-order valence-corrected chi connectivity index (χ1v) is 7.87. The summed E-state index contributed by atoms with van der Waals surface area (Å²) in [4.78, 5) is 14.7. The largest absolute Gasteiger partial charge is 0.494 e. The van der Waals surface area contributed by atoms with E-state index in [9.17, 15) is 10.1 Å². The monoisotopic (exact) mass is 329 g/mol. The molecule has 0 fully saturated rings. The molecule has 0 unspecified atom stereocenters. The molecule has 7 heteroatoms. The fourth-order valence-corrected chi connectivity index (χ4v) is 2.77. The molecular formula is C17H19N3O4. The number of benzene rings is 1. The van der Waals surface area contributed by atoms with Crippen molar-refractivity contribution in [2.75, 3.05) is 11.9 Å². The van der Waals surface area contributed by atoms with Crippen LogP contribution in [0.4, 0.5) is 11.5 Å². The van der Waals surface area contributed by atoms with E-state index in [2.05, 4.69) is 10.3 Å². The van der Waals surface area contributed by atoms with Crippen molar-refractivity contribution in [3.05, 3.63) is 51.7 Å². The molecule has 7 nitrogen and oxygen atoms in total. The third-order valence-corrected chi connectivity index (χ3v) is 3.81. The van der Waals surface area contributed by atoms with E-state index < -0.39 is 4.92 Å². The Balaban J connectivity index is 1.85. The van der Waals surface area contributed by atoms with Crippen molar-refractivity contribution < 1.29 is 14.4 Å². The van der Waals surface area contributed by atoms with Gasteiger partial charge in [0.15, 0.2) is 0 Å². The molecule has 2 aromatic rings. The topological polar surface area (TPSA) is 86.5 Å². The van der Waals surface area contributed by atoms with Gasteiger partial charge in [-0.1, -0.05) is 0 Å². The standard InChI is InChI=1S/C17H19N3O4/c1-3-23-15-8-12-7-11(2)24-16(12)9-13(15)10-19-17-14(20(21)22)5-4-6-18-17/h4-6,8-9,11H,3,7,10H2,1-2H3,(H,18,19)/t11-/m1/s1. The Labute approximate surface area is 139 Å². The van der Waals surface area contributed by atoms with Gasteiger partial charge < -0.3 is 14.8 Å². The Kier molecular flexibility index (Phi) is 4.50. The summed E-state index contributed by atoms with van der Waals surface area (Å²) in [5.41, 5.74) is 1.95. The molecular weight excluding hydrogens is 310 g/mol. The smallest absolute Gasteiger partial charge is 0.311 e. The van der Waals surface area contributed by atoms with Gasteiger partial charge in [-0.3, -0.25) is 10.1 Å². The van der Waals surface area contributed by atoms with Crippen LogP contribution in [-0.2, 0) is 13.0 Å². The fraction of sp³-hybridized carbons (Fsp3) is 0.353. The molecule has 0 aliphatic carbocycles. The van der Waals surface area contributed by atoms with Crippen molar-refractivity contribution in [2.24, 2.45) is 0 Å². The summed E-state index contributed by atoms with van der Waals surface area (Å²) in [6, 6.07) is 6.89. The minimum atomic E-state index is -0.452. The highest BCUT2D eigenvalue weighted by Crippen LogP contribution is 2.35. The molecule has 0 saturated carbocycles. The van der Waals surface area contributed by atoms with Gasteiger partial charge in [0.1, 0.15) is 17.6 Å². The Morgan fingerprint density at radius 2 is 2.33 bits per heavy atom. The van der Waals surface area contributed by atoms with E-state index in [1.807, 2.05) is 26.0 Å². The third-order valence-electron chi connectivity index (χ3n) is 3.81. The number of aromatic nitrogens is 1. The van der Waals surface area contributed by atoms with Crippen LogP contribution < -0.4 is 14.8 Å². The number of fused-ring (bicyclic) bond motifs is 1. The van der Waals surface area contributed by atoms with Crippen molar-refractivity contribution in [1.82, 2.24) is 4.98 Å². The predicted octanol–water partition coefficient (Wildman–Crippen LogP) is 3.32. The van der Waals surface area contributed by atoms with Crippen LogP contribution in [0, 0.1) is 10.1 Å². The van der Waals surface area contributed by atoms with Crippen LogP contribution in [-0.4, -0.2) is 22.6 Å².